The van der Waals surface area contributed by atoms with Gasteiger partial charge in [0.1, 0.15) is 0 Å². The van der Waals surface area contributed by atoms with E-state index >= 15 is 0 Å². The number of halogens is 2. The number of hydrogen-bond acceptors (Lipinski definition) is 2. The van der Waals surface area contributed by atoms with E-state index in [2.05, 4.69) is 11.8 Å². The maximum atomic E-state index is 9.13. The van der Waals surface area contributed by atoms with Crippen LogP contribution >= 0.6 is 23.2 Å². The molecule has 0 aliphatic carbocycles. The van der Waals surface area contributed by atoms with E-state index in [1.165, 1.54) is 0 Å². The van der Waals surface area contributed by atoms with Crippen molar-refractivity contribution in [3.63, 3.8) is 0 Å². The van der Waals surface area contributed by atoms with Crippen molar-refractivity contribution in [3.05, 3.63) is 63.6 Å². The van der Waals surface area contributed by atoms with Crippen molar-refractivity contribution in [2.45, 2.75) is 19.6 Å². The van der Waals surface area contributed by atoms with Gasteiger partial charge < -0.3 is 10.0 Å². The smallest absolute Gasteiger partial charge is 0.0682 e. The molecule has 1 atom stereocenters. The molecule has 0 aliphatic heterocycles. The Kier molecular flexibility index (Phi) is 4.92. The molecule has 0 spiro atoms. The van der Waals surface area contributed by atoms with Gasteiger partial charge in [-0.25, -0.2) is 0 Å². The van der Waals surface area contributed by atoms with Crippen molar-refractivity contribution < 1.29 is 5.11 Å². The summed E-state index contributed by atoms with van der Waals surface area (Å²) in [5, 5.41) is 10.5. The van der Waals surface area contributed by atoms with Crippen molar-refractivity contribution in [1.82, 2.24) is 0 Å². The summed E-state index contributed by atoms with van der Waals surface area (Å²) in [6.07, 6.45) is 0. The van der Waals surface area contributed by atoms with E-state index in [0.717, 1.165) is 21.8 Å². The Balaban J connectivity index is 2.31. The Hall–Kier alpha value is -1.22. The molecular formula is C16H17Cl2NO. The van der Waals surface area contributed by atoms with Gasteiger partial charge in [-0.2, -0.15) is 0 Å². The van der Waals surface area contributed by atoms with Crippen LogP contribution in [0.25, 0.3) is 0 Å². The molecule has 0 aromatic heterocycles. The standard InChI is InChI=1S/C16H17Cl2NO/c1-11(13-5-3-4-6-14(13)17)19(2)16-8-7-12(10-20)9-15(16)18/h3-9,11,20H,10H2,1-2H3. The van der Waals surface area contributed by atoms with Crippen LogP contribution in [-0.2, 0) is 6.61 Å². The summed E-state index contributed by atoms with van der Waals surface area (Å²) >= 11 is 12.5. The summed E-state index contributed by atoms with van der Waals surface area (Å²) in [6.45, 7) is 2.07. The molecule has 20 heavy (non-hydrogen) atoms. The fraction of sp³-hybridized carbons (Fsp3) is 0.250. The number of anilines is 1. The first-order valence-corrected chi connectivity index (χ1v) is 7.16. The number of benzene rings is 2. The highest BCUT2D eigenvalue weighted by Gasteiger charge is 2.17. The largest absolute Gasteiger partial charge is 0.392 e. The molecule has 4 heteroatoms. The molecular weight excluding hydrogens is 293 g/mol. The fourth-order valence-corrected chi connectivity index (χ4v) is 2.80. The van der Waals surface area contributed by atoms with Gasteiger partial charge in [-0.3, -0.25) is 0 Å². The maximum Gasteiger partial charge on any atom is 0.0682 e. The second-order valence-electron chi connectivity index (χ2n) is 4.75. The molecule has 1 unspecified atom stereocenters. The van der Waals surface area contributed by atoms with E-state index in [4.69, 9.17) is 28.3 Å². The molecule has 0 fully saturated rings. The lowest BCUT2D eigenvalue weighted by Gasteiger charge is -2.29. The zero-order chi connectivity index (χ0) is 14.7. The van der Waals surface area contributed by atoms with Crippen molar-refractivity contribution in [3.8, 4) is 0 Å². The van der Waals surface area contributed by atoms with Crippen molar-refractivity contribution in [2.24, 2.45) is 0 Å². The van der Waals surface area contributed by atoms with Gasteiger partial charge in [0, 0.05) is 12.1 Å². The van der Waals surface area contributed by atoms with E-state index in [9.17, 15) is 0 Å². The minimum Gasteiger partial charge on any atom is -0.392 e. The first kappa shape index (κ1) is 15.2. The van der Waals surface area contributed by atoms with E-state index in [-0.39, 0.29) is 12.6 Å². The van der Waals surface area contributed by atoms with Gasteiger partial charge in [0.05, 0.1) is 23.4 Å². The minimum atomic E-state index is -0.0101. The van der Waals surface area contributed by atoms with Gasteiger partial charge in [0.25, 0.3) is 0 Å². The predicted molar refractivity (Wildman–Crippen MR) is 85.6 cm³/mol. The van der Waals surface area contributed by atoms with Crippen LogP contribution < -0.4 is 4.90 Å². The second kappa shape index (κ2) is 6.49. The third kappa shape index (κ3) is 3.09. The number of nitrogens with zero attached hydrogens (tertiary/aromatic N) is 1. The van der Waals surface area contributed by atoms with Gasteiger partial charge in [-0.05, 0) is 36.2 Å². The Morgan fingerprint density at radius 2 is 1.80 bits per heavy atom. The Labute approximate surface area is 129 Å². The van der Waals surface area contributed by atoms with Crippen molar-refractivity contribution >= 4 is 28.9 Å². The Bertz CT molecular complexity index is 601. The maximum absolute atomic E-state index is 9.13. The van der Waals surface area contributed by atoms with E-state index in [1.54, 1.807) is 6.07 Å². The first-order chi connectivity index (χ1) is 9.54. The van der Waals surface area contributed by atoms with Crippen LogP contribution in [0, 0.1) is 0 Å². The third-order valence-electron chi connectivity index (χ3n) is 3.51. The van der Waals surface area contributed by atoms with Crippen LogP contribution in [0.15, 0.2) is 42.5 Å². The quantitative estimate of drug-likeness (QED) is 0.886. The van der Waals surface area contributed by atoms with Crippen LogP contribution in [0.4, 0.5) is 5.69 Å². The molecule has 0 saturated heterocycles. The molecule has 0 aliphatic rings. The summed E-state index contributed by atoms with van der Waals surface area (Å²) in [5.41, 5.74) is 2.77. The van der Waals surface area contributed by atoms with Gasteiger partial charge >= 0.3 is 0 Å². The van der Waals surface area contributed by atoms with Gasteiger partial charge in [0.15, 0.2) is 0 Å². The lowest BCUT2D eigenvalue weighted by molar-refractivity contribution is 0.282. The van der Waals surface area contributed by atoms with Crippen LogP contribution in [0.5, 0.6) is 0 Å². The lowest BCUT2D eigenvalue weighted by Crippen LogP contribution is -2.22. The zero-order valence-electron chi connectivity index (χ0n) is 11.5. The fourth-order valence-electron chi connectivity index (χ4n) is 2.17. The molecule has 0 bridgehead atoms. The molecule has 1 N–H and O–H groups in total. The number of aliphatic hydroxyl groups excluding tert-OH is 1. The molecule has 0 saturated carbocycles. The first-order valence-electron chi connectivity index (χ1n) is 6.41. The Morgan fingerprint density at radius 3 is 2.40 bits per heavy atom. The summed E-state index contributed by atoms with van der Waals surface area (Å²) in [4.78, 5) is 2.07. The molecule has 0 amide bonds. The summed E-state index contributed by atoms with van der Waals surface area (Å²) < 4.78 is 0. The SMILES string of the molecule is CC(c1ccccc1Cl)N(C)c1ccc(CO)cc1Cl. The zero-order valence-corrected chi connectivity index (χ0v) is 13.0. The number of rotatable bonds is 4. The molecule has 0 radical (unpaired) electrons. The lowest BCUT2D eigenvalue weighted by atomic mass is 10.1. The molecule has 0 heterocycles. The third-order valence-corrected chi connectivity index (χ3v) is 4.16. The highest BCUT2D eigenvalue weighted by Crippen LogP contribution is 2.34. The van der Waals surface area contributed by atoms with Crippen LogP contribution in [0.2, 0.25) is 10.0 Å². The van der Waals surface area contributed by atoms with E-state index in [1.807, 2.05) is 43.4 Å². The van der Waals surface area contributed by atoms with Crippen LogP contribution in [0.3, 0.4) is 0 Å². The predicted octanol–water partition coefficient (Wildman–Crippen LogP) is 4.68. The van der Waals surface area contributed by atoms with Crippen molar-refractivity contribution in [2.75, 3.05) is 11.9 Å². The topological polar surface area (TPSA) is 23.5 Å². The van der Waals surface area contributed by atoms with Crippen LogP contribution in [-0.4, -0.2) is 12.2 Å². The summed E-state index contributed by atoms with van der Waals surface area (Å²) in [5.74, 6) is 0. The van der Waals surface area contributed by atoms with Crippen molar-refractivity contribution in [1.29, 1.82) is 0 Å². The molecule has 2 rings (SSSR count). The monoisotopic (exact) mass is 309 g/mol. The highest BCUT2D eigenvalue weighted by molar-refractivity contribution is 6.33. The summed E-state index contributed by atoms with van der Waals surface area (Å²) in [7, 11) is 1.98. The van der Waals surface area contributed by atoms with Gasteiger partial charge in [-0.1, -0.05) is 47.5 Å². The van der Waals surface area contributed by atoms with Gasteiger partial charge in [0.2, 0.25) is 0 Å². The Morgan fingerprint density at radius 1 is 1.10 bits per heavy atom. The normalized spacial score (nSPS) is 12.2. The second-order valence-corrected chi connectivity index (χ2v) is 5.57. The molecule has 106 valence electrons. The van der Waals surface area contributed by atoms with Gasteiger partial charge in [-0.15, -0.1) is 0 Å². The molecule has 2 aromatic carbocycles. The highest BCUT2D eigenvalue weighted by atomic mass is 35.5. The van der Waals surface area contributed by atoms with E-state index in [0.29, 0.717) is 5.02 Å². The minimum absolute atomic E-state index is 0.0101. The number of aliphatic hydroxyl groups is 1. The summed E-state index contributed by atoms with van der Waals surface area (Å²) in [6, 6.07) is 13.5. The average molecular weight is 310 g/mol. The van der Waals surface area contributed by atoms with Crippen LogP contribution in [0.1, 0.15) is 24.1 Å². The molecule has 2 aromatic rings. The average Bonchev–Trinajstić information content (AvgIpc) is 2.46. The number of hydrogen-bond donors (Lipinski definition) is 1. The molecule has 2 nitrogen and oxygen atoms in total. The van der Waals surface area contributed by atoms with E-state index < -0.39 is 0 Å².